The first kappa shape index (κ1) is 25.9. The number of hydrogen-bond acceptors (Lipinski definition) is 3. The fourth-order valence-corrected chi connectivity index (χ4v) is 4.57. The van der Waals surface area contributed by atoms with Crippen LogP contribution < -0.4 is 5.32 Å². The number of halogens is 1. The quantitative estimate of drug-likeness (QED) is 0.340. The molecule has 1 N–H and O–H groups in total. The van der Waals surface area contributed by atoms with Crippen LogP contribution in [-0.4, -0.2) is 35.1 Å². The summed E-state index contributed by atoms with van der Waals surface area (Å²) in [6.45, 7) is 4.97. The van der Waals surface area contributed by atoms with Gasteiger partial charge in [0, 0.05) is 29.4 Å². The van der Waals surface area contributed by atoms with E-state index in [1.165, 1.54) is 11.8 Å². The molecule has 4 nitrogen and oxygen atoms in total. The minimum absolute atomic E-state index is 0.0885. The van der Waals surface area contributed by atoms with Crippen molar-refractivity contribution in [2.24, 2.45) is 5.92 Å². The first-order valence-electron chi connectivity index (χ1n) is 11.5. The van der Waals surface area contributed by atoms with Crippen LogP contribution in [-0.2, 0) is 22.6 Å². The van der Waals surface area contributed by atoms with Crippen molar-refractivity contribution >= 4 is 35.2 Å². The summed E-state index contributed by atoms with van der Waals surface area (Å²) in [4.78, 5) is 29.7. The number of thioether (sulfide) groups is 1. The normalized spacial score (nSPS) is 11.8. The maximum atomic E-state index is 13.6. The van der Waals surface area contributed by atoms with E-state index >= 15 is 0 Å². The van der Waals surface area contributed by atoms with E-state index in [2.05, 4.69) is 19.2 Å². The van der Waals surface area contributed by atoms with Crippen molar-refractivity contribution in [2.75, 3.05) is 12.3 Å². The summed E-state index contributed by atoms with van der Waals surface area (Å²) in [5, 5.41) is 3.65. The highest BCUT2D eigenvalue weighted by molar-refractivity contribution is 8.00. The molecule has 0 heterocycles. The van der Waals surface area contributed by atoms with E-state index in [9.17, 15) is 9.59 Å². The zero-order chi connectivity index (χ0) is 24.3. The van der Waals surface area contributed by atoms with Crippen LogP contribution in [0.25, 0.3) is 0 Å². The van der Waals surface area contributed by atoms with Crippen molar-refractivity contribution < 1.29 is 9.59 Å². The molecule has 3 aromatic carbocycles. The number of nitrogens with zero attached hydrogens (tertiary/aromatic N) is 1. The molecule has 6 heteroatoms. The van der Waals surface area contributed by atoms with Gasteiger partial charge in [-0.3, -0.25) is 9.59 Å². The zero-order valence-corrected chi connectivity index (χ0v) is 21.2. The van der Waals surface area contributed by atoms with Crippen LogP contribution in [0.15, 0.2) is 89.8 Å². The zero-order valence-electron chi connectivity index (χ0n) is 19.6. The summed E-state index contributed by atoms with van der Waals surface area (Å²) < 4.78 is 0. The second kappa shape index (κ2) is 13.2. The van der Waals surface area contributed by atoms with Crippen LogP contribution in [0, 0.1) is 5.92 Å². The molecule has 0 aromatic heterocycles. The van der Waals surface area contributed by atoms with E-state index in [0.29, 0.717) is 30.5 Å². The van der Waals surface area contributed by atoms with Gasteiger partial charge in [-0.2, -0.15) is 0 Å². The highest BCUT2D eigenvalue weighted by atomic mass is 35.5. The first-order chi connectivity index (χ1) is 16.4. The fraction of sp³-hybridized carbons (Fsp3) is 0.286. The van der Waals surface area contributed by atoms with Gasteiger partial charge >= 0.3 is 0 Å². The number of amides is 2. The molecule has 0 saturated heterocycles. The van der Waals surface area contributed by atoms with Gasteiger partial charge in [0.25, 0.3) is 0 Å². The van der Waals surface area contributed by atoms with E-state index < -0.39 is 6.04 Å². The predicted molar refractivity (Wildman–Crippen MR) is 141 cm³/mol. The standard InChI is InChI=1S/C28H31ClN2O2S/c1-21(2)18-30-28(33)26(17-22-10-5-3-6-11-22)31(19-23-12-9-13-24(29)16-23)27(32)20-34-25-14-7-4-8-15-25/h3-16,21,26H,17-20H2,1-2H3,(H,30,33)/t26-/m1/s1. The molecule has 0 spiro atoms. The summed E-state index contributed by atoms with van der Waals surface area (Å²) in [6, 6.07) is 26.5. The van der Waals surface area contributed by atoms with Crippen molar-refractivity contribution in [3.05, 3.63) is 101 Å². The molecule has 0 aliphatic rings. The Morgan fingerprint density at radius 2 is 1.56 bits per heavy atom. The molecule has 0 radical (unpaired) electrons. The number of nitrogens with one attached hydrogen (secondary N) is 1. The SMILES string of the molecule is CC(C)CNC(=O)[C@@H](Cc1ccccc1)N(Cc1cccc(Cl)c1)C(=O)CSc1ccccc1. The summed E-state index contributed by atoms with van der Waals surface area (Å²) in [5.74, 6) is 0.326. The van der Waals surface area contributed by atoms with Crippen molar-refractivity contribution in [3.8, 4) is 0 Å². The van der Waals surface area contributed by atoms with E-state index in [1.54, 1.807) is 11.0 Å². The van der Waals surface area contributed by atoms with Gasteiger partial charge in [-0.1, -0.05) is 86.1 Å². The van der Waals surface area contributed by atoms with Gasteiger partial charge in [-0.25, -0.2) is 0 Å². The lowest BCUT2D eigenvalue weighted by molar-refractivity contribution is -0.139. The van der Waals surface area contributed by atoms with E-state index in [1.807, 2.05) is 78.9 Å². The van der Waals surface area contributed by atoms with Crippen molar-refractivity contribution in [1.82, 2.24) is 10.2 Å². The third kappa shape index (κ3) is 8.23. The monoisotopic (exact) mass is 494 g/mol. The lowest BCUT2D eigenvalue weighted by Gasteiger charge is -2.32. The molecule has 0 saturated carbocycles. The third-order valence-corrected chi connectivity index (χ3v) is 6.53. The first-order valence-corrected chi connectivity index (χ1v) is 12.8. The minimum Gasteiger partial charge on any atom is -0.354 e. The molecular formula is C28H31ClN2O2S. The van der Waals surface area contributed by atoms with Crippen LogP contribution in [0.5, 0.6) is 0 Å². The van der Waals surface area contributed by atoms with E-state index in [0.717, 1.165) is 16.0 Å². The van der Waals surface area contributed by atoms with E-state index in [-0.39, 0.29) is 17.6 Å². The predicted octanol–water partition coefficient (Wildman–Crippen LogP) is 5.84. The molecule has 0 bridgehead atoms. The summed E-state index contributed by atoms with van der Waals surface area (Å²) in [5.41, 5.74) is 1.90. The van der Waals surface area contributed by atoms with Gasteiger partial charge in [-0.15, -0.1) is 11.8 Å². The maximum Gasteiger partial charge on any atom is 0.243 e. The number of carbonyl (C=O) groups is 2. The molecule has 3 rings (SSSR count). The number of rotatable bonds is 11. The molecule has 2 amide bonds. The highest BCUT2D eigenvalue weighted by Gasteiger charge is 2.30. The fourth-order valence-electron chi connectivity index (χ4n) is 3.55. The second-order valence-electron chi connectivity index (χ2n) is 8.60. The second-order valence-corrected chi connectivity index (χ2v) is 10.1. The Labute approximate surface area is 211 Å². The van der Waals surface area contributed by atoms with Crippen molar-refractivity contribution in [1.29, 1.82) is 0 Å². The molecule has 3 aromatic rings. The summed E-state index contributed by atoms with van der Waals surface area (Å²) in [6.07, 6.45) is 0.438. The highest BCUT2D eigenvalue weighted by Crippen LogP contribution is 2.22. The summed E-state index contributed by atoms with van der Waals surface area (Å²) >= 11 is 7.69. The summed E-state index contributed by atoms with van der Waals surface area (Å²) in [7, 11) is 0. The van der Waals surface area contributed by atoms with Crippen LogP contribution in [0.2, 0.25) is 5.02 Å². The molecule has 0 aliphatic carbocycles. The largest absolute Gasteiger partial charge is 0.354 e. The lowest BCUT2D eigenvalue weighted by atomic mass is 10.0. The van der Waals surface area contributed by atoms with Gasteiger partial charge in [0.2, 0.25) is 11.8 Å². The molecule has 0 aliphatic heterocycles. The molecule has 34 heavy (non-hydrogen) atoms. The Morgan fingerprint density at radius 3 is 2.21 bits per heavy atom. The van der Waals surface area contributed by atoms with Crippen LogP contribution in [0.4, 0.5) is 0 Å². The Morgan fingerprint density at radius 1 is 0.912 bits per heavy atom. The van der Waals surface area contributed by atoms with Gasteiger partial charge in [0.15, 0.2) is 0 Å². The molecule has 0 unspecified atom stereocenters. The smallest absolute Gasteiger partial charge is 0.243 e. The number of carbonyl (C=O) groups excluding carboxylic acids is 2. The molecular weight excluding hydrogens is 464 g/mol. The van der Waals surface area contributed by atoms with Gasteiger partial charge in [0.1, 0.15) is 6.04 Å². The van der Waals surface area contributed by atoms with Crippen molar-refractivity contribution in [2.45, 2.75) is 37.8 Å². The van der Waals surface area contributed by atoms with Crippen LogP contribution >= 0.6 is 23.4 Å². The Hall–Kier alpha value is -2.76. The minimum atomic E-state index is -0.635. The van der Waals surface area contributed by atoms with Crippen LogP contribution in [0.3, 0.4) is 0 Å². The third-order valence-electron chi connectivity index (χ3n) is 5.30. The molecule has 178 valence electrons. The average molecular weight is 495 g/mol. The Bertz CT molecular complexity index is 1060. The Balaban J connectivity index is 1.89. The number of hydrogen-bond donors (Lipinski definition) is 1. The van der Waals surface area contributed by atoms with Gasteiger partial charge in [0.05, 0.1) is 5.75 Å². The van der Waals surface area contributed by atoms with Gasteiger partial charge < -0.3 is 10.2 Å². The van der Waals surface area contributed by atoms with Crippen molar-refractivity contribution in [3.63, 3.8) is 0 Å². The maximum absolute atomic E-state index is 13.6. The molecule has 0 fully saturated rings. The Kier molecular flexibility index (Phi) is 10.0. The lowest BCUT2D eigenvalue weighted by Crippen LogP contribution is -2.51. The topological polar surface area (TPSA) is 49.4 Å². The average Bonchev–Trinajstić information content (AvgIpc) is 2.84. The van der Waals surface area contributed by atoms with Gasteiger partial charge in [-0.05, 0) is 41.3 Å². The van der Waals surface area contributed by atoms with Crippen LogP contribution in [0.1, 0.15) is 25.0 Å². The van der Waals surface area contributed by atoms with E-state index in [4.69, 9.17) is 11.6 Å². The number of benzene rings is 3. The molecule has 1 atom stereocenters.